The third kappa shape index (κ3) is 5.02. The maximum atomic E-state index is 13.2. The largest absolute Gasteiger partial charge is 0.461 e. The number of rotatable bonds is 5. The van der Waals surface area contributed by atoms with Crippen LogP contribution in [0.5, 0.6) is 0 Å². The van der Waals surface area contributed by atoms with Gasteiger partial charge in [0.1, 0.15) is 12.4 Å². The smallest absolute Gasteiger partial charge is 0.341 e. The van der Waals surface area contributed by atoms with Crippen LogP contribution in [0.1, 0.15) is 24.2 Å². The number of likely N-dealkylation sites (N-methyl/N-ethyl adjacent to an activating group) is 1. The van der Waals surface area contributed by atoms with Gasteiger partial charge in [-0.25, -0.2) is 9.18 Å². The molecule has 0 N–H and O–H groups in total. The Kier molecular flexibility index (Phi) is 7.55. The summed E-state index contributed by atoms with van der Waals surface area (Å²) in [5.74, 6) is -1.16. The van der Waals surface area contributed by atoms with Gasteiger partial charge in [-0.1, -0.05) is 12.1 Å². The third-order valence-corrected chi connectivity index (χ3v) is 2.65. The monoisotopic (exact) mass is 275 g/mol. The fraction of sp³-hybridized carbons (Fsp3) is 0.462. The molecule has 18 heavy (non-hydrogen) atoms. The highest BCUT2D eigenvalue weighted by atomic mass is 35.5. The molecule has 1 rings (SSSR count). The molecule has 0 bridgehead atoms. The van der Waals surface area contributed by atoms with Crippen LogP contribution in [0.3, 0.4) is 0 Å². The number of halogens is 2. The Morgan fingerprint density at radius 3 is 2.56 bits per heavy atom. The van der Waals surface area contributed by atoms with Crippen LogP contribution in [0.25, 0.3) is 0 Å². The maximum Gasteiger partial charge on any atom is 0.341 e. The summed E-state index contributed by atoms with van der Waals surface area (Å²) in [6, 6.07) is 6.21. The van der Waals surface area contributed by atoms with Crippen molar-refractivity contribution in [1.82, 2.24) is 4.90 Å². The van der Waals surface area contributed by atoms with Gasteiger partial charge < -0.3 is 9.64 Å². The molecule has 3 nitrogen and oxygen atoms in total. The van der Waals surface area contributed by atoms with Gasteiger partial charge in [0.25, 0.3) is 0 Å². The van der Waals surface area contributed by atoms with E-state index in [1.807, 2.05) is 7.05 Å². The molecule has 0 radical (unpaired) electrons. The van der Waals surface area contributed by atoms with E-state index in [4.69, 9.17) is 4.74 Å². The molecule has 0 aliphatic rings. The van der Waals surface area contributed by atoms with E-state index in [-0.39, 0.29) is 24.6 Å². The number of hydrogen-bond acceptors (Lipinski definition) is 3. The van der Waals surface area contributed by atoms with Gasteiger partial charge in [0.05, 0.1) is 5.56 Å². The van der Waals surface area contributed by atoms with E-state index >= 15 is 0 Å². The second-order valence-electron chi connectivity index (χ2n) is 4.19. The standard InChI is InChI=1S/C13H18FNO2.ClH/c1-10(2)15(3)8-9-17-13(16)11-6-4-5-7-12(11)14;/h4-7,10H,8-9H2,1-3H3;1H. The van der Waals surface area contributed by atoms with Crippen LogP contribution in [-0.2, 0) is 4.74 Å². The first kappa shape index (κ1) is 16.9. The van der Waals surface area contributed by atoms with Crippen molar-refractivity contribution < 1.29 is 13.9 Å². The quantitative estimate of drug-likeness (QED) is 0.774. The Balaban J connectivity index is 0.00000289. The first-order chi connectivity index (χ1) is 8.02. The molecule has 102 valence electrons. The van der Waals surface area contributed by atoms with Gasteiger partial charge in [-0.3, -0.25) is 0 Å². The van der Waals surface area contributed by atoms with Crippen LogP contribution in [0.2, 0.25) is 0 Å². The number of benzene rings is 1. The maximum absolute atomic E-state index is 13.2. The minimum atomic E-state index is -0.611. The van der Waals surface area contributed by atoms with E-state index in [1.54, 1.807) is 12.1 Å². The highest BCUT2D eigenvalue weighted by Crippen LogP contribution is 2.07. The lowest BCUT2D eigenvalue weighted by Gasteiger charge is -2.20. The van der Waals surface area contributed by atoms with Gasteiger partial charge in [0.2, 0.25) is 0 Å². The molecule has 1 aromatic carbocycles. The average Bonchev–Trinajstić information content (AvgIpc) is 2.29. The molecule has 0 fully saturated rings. The Morgan fingerprint density at radius 2 is 2.00 bits per heavy atom. The molecule has 0 spiro atoms. The fourth-order valence-electron chi connectivity index (χ4n) is 1.25. The zero-order chi connectivity index (χ0) is 12.8. The summed E-state index contributed by atoms with van der Waals surface area (Å²) in [6.07, 6.45) is 0. The van der Waals surface area contributed by atoms with Crippen LogP contribution >= 0.6 is 12.4 Å². The minimum Gasteiger partial charge on any atom is -0.461 e. The molecule has 0 aliphatic carbocycles. The number of nitrogens with zero attached hydrogens (tertiary/aromatic N) is 1. The van der Waals surface area contributed by atoms with Gasteiger partial charge in [-0.15, -0.1) is 12.4 Å². The molecule has 0 heterocycles. The normalized spacial score (nSPS) is 10.3. The summed E-state index contributed by atoms with van der Waals surface area (Å²) in [6.45, 7) is 5.01. The van der Waals surface area contributed by atoms with E-state index in [1.165, 1.54) is 12.1 Å². The van der Waals surface area contributed by atoms with Crippen molar-refractivity contribution in [1.29, 1.82) is 0 Å². The molecule has 1 aromatic rings. The van der Waals surface area contributed by atoms with Crippen molar-refractivity contribution in [3.8, 4) is 0 Å². The van der Waals surface area contributed by atoms with Crippen LogP contribution < -0.4 is 0 Å². The molecule has 0 amide bonds. The van der Waals surface area contributed by atoms with E-state index in [0.717, 1.165) is 0 Å². The zero-order valence-corrected chi connectivity index (χ0v) is 11.7. The van der Waals surface area contributed by atoms with Crippen LogP contribution in [0.4, 0.5) is 4.39 Å². The first-order valence-corrected chi connectivity index (χ1v) is 5.64. The van der Waals surface area contributed by atoms with Crippen molar-refractivity contribution in [3.63, 3.8) is 0 Å². The molecule has 0 unspecified atom stereocenters. The topological polar surface area (TPSA) is 29.5 Å². The Morgan fingerprint density at radius 1 is 1.39 bits per heavy atom. The summed E-state index contributed by atoms with van der Waals surface area (Å²) in [5, 5.41) is 0. The number of hydrogen-bond donors (Lipinski definition) is 0. The highest BCUT2D eigenvalue weighted by Gasteiger charge is 2.12. The molecular formula is C13H19ClFNO2. The summed E-state index contributed by atoms with van der Waals surface area (Å²) in [5.41, 5.74) is -0.0142. The summed E-state index contributed by atoms with van der Waals surface area (Å²) >= 11 is 0. The van der Waals surface area contributed by atoms with Crippen molar-refractivity contribution in [2.45, 2.75) is 19.9 Å². The summed E-state index contributed by atoms with van der Waals surface area (Å²) in [7, 11) is 1.95. The van der Waals surface area contributed by atoms with Gasteiger partial charge in [0, 0.05) is 12.6 Å². The second-order valence-corrected chi connectivity index (χ2v) is 4.19. The van der Waals surface area contributed by atoms with E-state index < -0.39 is 11.8 Å². The molecule has 0 saturated heterocycles. The average molecular weight is 276 g/mol. The van der Waals surface area contributed by atoms with Crippen LogP contribution in [-0.4, -0.2) is 37.1 Å². The third-order valence-electron chi connectivity index (χ3n) is 2.65. The SMILES string of the molecule is CC(C)N(C)CCOC(=O)c1ccccc1F.Cl. The molecule has 0 aromatic heterocycles. The molecule has 0 atom stereocenters. The highest BCUT2D eigenvalue weighted by molar-refractivity contribution is 5.89. The van der Waals surface area contributed by atoms with E-state index in [9.17, 15) is 9.18 Å². The van der Waals surface area contributed by atoms with Gasteiger partial charge >= 0.3 is 5.97 Å². The number of ether oxygens (including phenoxy) is 1. The molecule has 0 aliphatic heterocycles. The van der Waals surface area contributed by atoms with E-state index in [2.05, 4.69) is 18.7 Å². The summed E-state index contributed by atoms with van der Waals surface area (Å²) in [4.78, 5) is 13.6. The Hall–Kier alpha value is -1.13. The predicted molar refractivity (Wildman–Crippen MR) is 71.7 cm³/mol. The predicted octanol–water partition coefficient (Wildman–Crippen LogP) is 2.74. The fourth-order valence-corrected chi connectivity index (χ4v) is 1.25. The molecule has 0 saturated carbocycles. The Bertz CT molecular complexity index is 385. The summed E-state index contributed by atoms with van der Waals surface area (Å²) < 4.78 is 18.3. The van der Waals surface area contributed by atoms with Crippen molar-refractivity contribution in [3.05, 3.63) is 35.6 Å². The number of carbonyl (C=O) groups excluding carboxylic acids is 1. The number of esters is 1. The lowest BCUT2D eigenvalue weighted by atomic mass is 10.2. The Labute approximate surface area is 113 Å². The van der Waals surface area contributed by atoms with Crippen LogP contribution in [0.15, 0.2) is 24.3 Å². The lowest BCUT2D eigenvalue weighted by Crippen LogP contribution is -2.30. The van der Waals surface area contributed by atoms with Crippen molar-refractivity contribution >= 4 is 18.4 Å². The second kappa shape index (κ2) is 8.06. The van der Waals surface area contributed by atoms with Crippen molar-refractivity contribution in [2.24, 2.45) is 0 Å². The first-order valence-electron chi connectivity index (χ1n) is 5.64. The number of carbonyl (C=O) groups is 1. The molecular weight excluding hydrogens is 257 g/mol. The zero-order valence-electron chi connectivity index (χ0n) is 10.9. The minimum absolute atomic E-state index is 0. The molecule has 5 heteroatoms. The lowest BCUT2D eigenvalue weighted by molar-refractivity contribution is 0.0456. The van der Waals surface area contributed by atoms with E-state index in [0.29, 0.717) is 12.6 Å². The van der Waals surface area contributed by atoms with Gasteiger partial charge in [0.15, 0.2) is 0 Å². The van der Waals surface area contributed by atoms with Gasteiger partial charge in [-0.05, 0) is 33.0 Å². The van der Waals surface area contributed by atoms with Crippen molar-refractivity contribution in [2.75, 3.05) is 20.2 Å². The van der Waals surface area contributed by atoms with Crippen LogP contribution in [0, 0.1) is 5.82 Å². The van der Waals surface area contributed by atoms with Gasteiger partial charge in [-0.2, -0.15) is 0 Å².